The molecular formula is C14H29N3O2S. The minimum Gasteiger partial charge on any atom is -0.314 e. The average molecular weight is 303 g/mol. The molecule has 0 saturated heterocycles. The Hall–Kier alpha value is -0.170. The summed E-state index contributed by atoms with van der Waals surface area (Å²) in [4.78, 5) is 0. The van der Waals surface area contributed by atoms with Gasteiger partial charge in [-0.05, 0) is 38.6 Å². The van der Waals surface area contributed by atoms with Crippen molar-refractivity contribution in [3.63, 3.8) is 0 Å². The topological polar surface area (TPSA) is 52.7 Å². The van der Waals surface area contributed by atoms with Crippen LogP contribution < -0.4 is 5.32 Å². The fourth-order valence-electron chi connectivity index (χ4n) is 2.99. The van der Waals surface area contributed by atoms with Crippen LogP contribution in [0.3, 0.4) is 0 Å². The largest absolute Gasteiger partial charge is 0.314 e. The van der Waals surface area contributed by atoms with E-state index in [2.05, 4.69) is 5.32 Å². The summed E-state index contributed by atoms with van der Waals surface area (Å²) in [7, 11) is -1.57. The van der Waals surface area contributed by atoms with Gasteiger partial charge < -0.3 is 5.32 Å². The number of nitrogens with zero attached hydrogens (tertiary/aromatic N) is 2. The highest BCUT2D eigenvalue weighted by atomic mass is 32.2. The second kappa shape index (κ2) is 7.20. The van der Waals surface area contributed by atoms with Gasteiger partial charge in [0.25, 0.3) is 10.2 Å². The Labute approximate surface area is 123 Å². The summed E-state index contributed by atoms with van der Waals surface area (Å²) in [6, 6.07) is 0.916. The monoisotopic (exact) mass is 303 g/mol. The van der Waals surface area contributed by atoms with Crippen molar-refractivity contribution in [2.45, 2.75) is 64.0 Å². The fourth-order valence-corrected chi connectivity index (χ4v) is 4.62. The van der Waals surface area contributed by atoms with Crippen LogP contribution in [0.1, 0.15) is 51.9 Å². The molecule has 1 N–H and O–H groups in total. The Balaban J connectivity index is 1.81. The van der Waals surface area contributed by atoms with E-state index >= 15 is 0 Å². The maximum atomic E-state index is 12.6. The van der Waals surface area contributed by atoms with Crippen LogP contribution >= 0.6 is 0 Å². The van der Waals surface area contributed by atoms with Crippen molar-refractivity contribution < 1.29 is 8.42 Å². The molecule has 0 atom stereocenters. The first kappa shape index (κ1) is 16.2. The van der Waals surface area contributed by atoms with Gasteiger partial charge in [-0.3, -0.25) is 0 Å². The quantitative estimate of drug-likeness (QED) is 0.658. The van der Waals surface area contributed by atoms with E-state index in [1.165, 1.54) is 17.1 Å². The predicted molar refractivity (Wildman–Crippen MR) is 81.8 cm³/mol. The molecule has 0 unspecified atom stereocenters. The molecule has 0 spiro atoms. The highest BCUT2D eigenvalue weighted by molar-refractivity contribution is 7.86. The maximum absolute atomic E-state index is 12.6. The van der Waals surface area contributed by atoms with E-state index in [0.717, 1.165) is 38.6 Å². The van der Waals surface area contributed by atoms with E-state index in [0.29, 0.717) is 19.1 Å². The van der Waals surface area contributed by atoms with Crippen LogP contribution in [0.25, 0.3) is 0 Å². The van der Waals surface area contributed by atoms with Crippen LogP contribution in [0.15, 0.2) is 0 Å². The summed E-state index contributed by atoms with van der Waals surface area (Å²) in [5.41, 5.74) is 0. The van der Waals surface area contributed by atoms with E-state index in [4.69, 9.17) is 0 Å². The highest BCUT2D eigenvalue weighted by Gasteiger charge is 2.33. The Kier molecular flexibility index (Phi) is 5.84. The zero-order valence-electron chi connectivity index (χ0n) is 12.8. The van der Waals surface area contributed by atoms with Crippen LogP contribution in [-0.2, 0) is 10.2 Å². The molecular weight excluding hydrogens is 274 g/mol. The zero-order valence-corrected chi connectivity index (χ0v) is 13.7. The standard InChI is InChI=1S/C14H29N3O2S/c1-3-17(14-7-4-5-8-14)20(18,19)16(2)12-6-11-15-13-9-10-13/h13-15H,3-12H2,1-2H3. The molecule has 2 saturated carbocycles. The Morgan fingerprint density at radius 1 is 1.15 bits per heavy atom. The van der Waals surface area contributed by atoms with Crippen molar-refractivity contribution in [2.24, 2.45) is 0 Å². The number of rotatable bonds is 9. The summed E-state index contributed by atoms with van der Waals surface area (Å²) in [6.45, 7) is 4.04. The molecule has 0 aromatic carbocycles. The van der Waals surface area contributed by atoms with Crippen LogP contribution in [0, 0.1) is 0 Å². The summed E-state index contributed by atoms with van der Waals surface area (Å²) in [5.74, 6) is 0. The van der Waals surface area contributed by atoms with Crippen molar-refractivity contribution in [1.82, 2.24) is 13.9 Å². The smallest absolute Gasteiger partial charge is 0.281 e. The second-order valence-corrected chi connectivity index (χ2v) is 8.04. The average Bonchev–Trinajstić information content (AvgIpc) is 3.09. The van der Waals surface area contributed by atoms with E-state index < -0.39 is 10.2 Å². The van der Waals surface area contributed by atoms with E-state index in [9.17, 15) is 8.42 Å². The van der Waals surface area contributed by atoms with Gasteiger partial charge in [0, 0.05) is 32.2 Å². The lowest BCUT2D eigenvalue weighted by Crippen LogP contribution is -2.46. The molecule has 118 valence electrons. The zero-order chi connectivity index (χ0) is 14.6. The lowest BCUT2D eigenvalue weighted by Gasteiger charge is -2.31. The predicted octanol–water partition coefficient (Wildman–Crippen LogP) is 1.57. The normalized spacial score (nSPS) is 21.2. The molecule has 0 bridgehead atoms. The molecule has 2 aliphatic rings. The summed E-state index contributed by atoms with van der Waals surface area (Å²) < 4.78 is 28.5. The molecule has 2 fully saturated rings. The van der Waals surface area contributed by atoms with Gasteiger partial charge in [-0.15, -0.1) is 0 Å². The number of nitrogens with one attached hydrogen (secondary N) is 1. The molecule has 0 amide bonds. The third kappa shape index (κ3) is 4.16. The van der Waals surface area contributed by atoms with Crippen LogP contribution in [-0.4, -0.2) is 55.8 Å². The van der Waals surface area contributed by atoms with Gasteiger partial charge in [0.05, 0.1) is 0 Å². The van der Waals surface area contributed by atoms with Gasteiger partial charge in [0.2, 0.25) is 0 Å². The Bertz CT molecular complexity index is 389. The summed E-state index contributed by atoms with van der Waals surface area (Å²) in [6.07, 6.45) is 7.79. The number of hydrogen-bond donors (Lipinski definition) is 1. The molecule has 2 rings (SSSR count). The Morgan fingerprint density at radius 2 is 1.80 bits per heavy atom. The third-order valence-electron chi connectivity index (χ3n) is 4.39. The molecule has 0 aromatic rings. The molecule has 20 heavy (non-hydrogen) atoms. The van der Waals surface area contributed by atoms with Crippen LogP contribution in [0.4, 0.5) is 0 Å². The lowest BCUT2D eigenvalue weighted by molar-refractivity contribution is 0.303. The van der Waals surface area contributed by atoms with Crippen molar-refractivity contribution in [2.75, 3.05) is 26.7 Å². The van der Waals surface area contributed by atoms with Crippen molar-refractivity contribution >= 4 is 10.2 Å². The lowest BCUT2D eigenvalue weighted by atomic mass is 10.2. The van der Waals surface area contributed by atoms with Crippen LogP contribution in [0.5, 0.6) is 0 Å². The number of hydrogen-bond acceptors (Lipinski definition) is 3. The minimum absolute atomic E-state index is 0.219. The fraction of sp³-hybridized carbons (Fsp3) is 1.00. The van der Waals surface area contributed by atoms with Crippen molar-refractivity contribution in [1.29, 1.82) is 0 Å². The molecule has 0 aliphatic heterocycles. The first-order valence-corrected chi connectivity index (χ1v) is 9.42. The van der Waals surface area contributed by atoms with Crippen molar-refractivity contribution in [3.8, 4) is 0 Å². The first-order chi connectivity index (χ1) is 9.55. The highest BCUT2D eigenvalue weighted by Crippen LogP contribution is 2.26. The van der Waals surface area contributed by atoms with Gasteiger partial charge in [0.1, 0.15) is 0 Å². The molecule has 0 aromatic heterocycles. The minimum atomic E-state index is -3.28. The van der Waals surface area contributed by atoms with E-state index in [1.54, 1.807) is 11.4 Å². The molecule has 6 heteroatoms. The second-order valence-electron chi connectivity index (χ2n) is 6.05. The van der Waals surface area contributed by atoms with Gasteiger partial charge >= 0.3 is 0 Å². The van der Waals surface area contributed by atoms with Crippen molar-refractivity contribution in [3.05, 3.63) is 0 Å². The molecule has 0 heterocycles. The molecule has 2 aliphatic carbocycles. The first-order valence-electron chi connectivity index (χ1n) is 8.02. The maximum Gasteiger partial charge on any atom is 0.281 e. The molecule has 0 radical (unpaired) electrons. The van der Waals surface area contributed by atoms with E-state index in [1.807, 2.05) is 6.92 Å². The SMILES string of the molecule is CCN(C1CCCC1)S(=O)(=O)N(C)CCCNC1CC1. The van der Waals surface area contributed by atoms with Crippen LogP contribution in [0.2, 0.25) is 0 Å². The third-order valence-corrected chi connectivity index (χ3v) is 6.51. The van der Waals surface area contributed by atoms with Gasteiger partial charge in [0.15, 0.2) is 0 Å². The summed E-state index contributed by atoms with van der Waals surface area (Å²) >= 11 is 0. The van der Waals surface area contributed by atoms with Gasteiger partial charge in [-0.25, -0.2) is 0 Å². The van der Waals surface area contributed by atoms with Gasteiger partial charge in [-0.1, -0.05) is 19.8 Å². The molecule has 5 nitrogen and oxygen atoms in total. The Morgan fingerprint density at radius 3 is 2.35 bits per heavy atom. The van der Waals surface area contributed by atoms with E-state index in [-0.39, 0.29) is 6.04 Å². The summed E-state index contributed by atoms with van der Waals surface area (Å²) in [5, 5.41) is 3.43. The van der Waals surface area contributed by atoms with Gasteiger partial charge in [-0.2, -0.15) is 17.0 Å².